The highest BCUT2D eigenvalue weighted by Crippen LogP contribution is 2.64. The van der Waals surface area contributed by atoms with Crippen molar-refractivity contribution in [3.63, 3.8) is 0 Å². The van der Waals surface area contributed by atoms with Crippen molar-refractivity contribution in [2.75, 3.05) is 6.54 Å². The van der Waals surface area contributed by atoms with Gasteiger partial charge in [-0.05, 0) is 93.4 Å². The summed E-state index contributed by atoms with van der Waals surface area (Å²) < 4.78 is 6.89. The Morgan fingerprint density at radius 1 is 1.17 bits per heavy atom. The molecule has 3 heteroatoms. The summed E-state index contributed by atoms with van der Waals surface area (Å²) in [5, 5.41) is 14.1. The number of hydrogen-bond acceptors (Lipinski definition) is 3. The number of ether oxygens (including phenoxy) is 1. The SMILES string of the molecule is CC1=C2C[C@H]3[C@@H](CC=C4C[C@@H](O)CC[C@@]43C)[C@@H]2C[C@@H]2O[C@@H]3C[C@H](C)CN[C@H]3[C@@H](C)[C@@H]12. The lowest BCUT2D eigenvalue weighted by atomic mass is 9.56. The summed E-state index contributed by atoms with van der Waals surface area (Å²) in [5.41, 5.74) is 5.39. The smallest absolute Gasteiger partial charge is 0.0737 e. The Labute approximate surface area is 182 Å². The number of fused-ring (bicyclic) bond motifs is 7. The van der Waals surface area contributed by atoms with Gasteiger partial charge in [-0.1, -0.05) is 43.6 Å². The normalized spacial score (nSPS) is 55.0. The van der Waals surface area contributed by atoms with E-state index < -0.39 is 0 Å². The van der Waals surface area contributed by atoms with Crippen LogP contribution < -0.4 is 5.32 Å². The highest BCUT2D eigenvalue weighted by atomic mass is 16.5. The van der Waals surface area contributed by atoms with Gasteiger partial charge in [0.2, 0.25) is 0 Å². The molecule has 11 atom stereocenters. The molecule has 2 aliphatic heterocycles. The fourth-order valence-corrected chi connectivity index (χ4v) is 9.08. The molecule has 0 radical (unpaired) electrons. The van der Waals surface area contributed by atoms with Gasteiger partial charge in [0.15, 0.2) is 0 Å². The zero-order valence-corrected chi connectivity index (χ0v) is 19.4. The minimum atomic E-state index is -0.110. The molecule has 6 rings (SSSR count). The van der Waals surface area contributed by atoms with E-state index in [2.05, 4.69) is 39.1 Å². The van der Waals surface area contributed by atoms with E-state index in [0.717, 1.165) is 43.1 Å². The summed E-state index contributed by atoms with van der Waals surface area (Å²) >= 11 is 0. The highest BCUT2D eigenvalue weighted by molar-refractivity contribution is 5.35. The number of nitrogens with one attached hydrogen (secondary N) is 1. The quantitative estimate of drug-likeness (QED) is 0.560. The lowest BCUT2D eigenvalue weighted by Crippen LogP contribution is -2.61. The van der Waals surface area contributed by atoms with E-state index in [9.17, 15) is 5.11 Å². The molecule has 0 unspecified atom stereocenters. The van der Waals surface area contributed by atoms with E-state index in [1.165, 1.54) is 32.1 Å². The van der Waals surface area contributed by atoms with Gasteiger partial charge in [-0.3, -0.25) is 0 Å². The van der Waals surface area contributed by atoms with Gasteiger partial charge in [0.25, 0.3) is 0 Å². The molecule has 0 amide bonds. The van der Waals surface area contributed by atoms with Crippen LogP contribution in [-0.4, -0.2) is 36.0 Å². The largest absolute Gasteiger partial charge is 0.393 e. The molecule has 4 fully saturated rings. The fraction of sp³-hybridized carbons (Fsp3) is 0.852. The maximum absolute atomic E-state index is 10.3. The third kappa shape index (κ3) is 2.74. The molecule has 2 saturated heterocycles. The topological polar surface area (TPSA) is 41.5 Å². The van der Waals surface area contributed by atoms with Gasteiger partial charge in [0.1, 0.15) is 0 Å². The molecule has 4 aliphatic carbocycles. The van der Waals surface area contributed by atoms with Gasteiger partial charge in [-0.15, -0.1) is 0 Å². The summed E-state index contributed by atoms with van der Waals surface area (Å²) in [6, 6.07) is 0.531. The van der Waals surface area contributed by atoms with Crippen LogP contribution in [0.1, 0.15) is 72.6 Å². The summed E-state index contributed by atoms with van der Waals surface area (Å²) in [5.74, 6) is 4.30. The molecule has 0 spiro atoms. The summed E-state index contributed by atoms with van der Waals surface area (Å²) in [4.78, 5) is 0. The van der Waals surface area contributed by atoms with Gasteiger partial charge >= 0.3 is 0 Å². The van der Waals surface area contributed by atoms with Crippen LogP contribution >= 0.6 is 0 Å². The Balaban J connectivity index is 1.32. The Morgan fingerprint density at radius 3 is 2.83 bits per heavy atom. The van der Waals surface area contributed by atoms with Crippen molar-refractivity contribution in [3.05, 3.63) is 22.8 Å². The summed E-state index contributed by atoms with van der Waals surface area (Å²) in [7, 11) is 0. The second kappa shape index (κ2) is 6.93. The van der Waals surface area contributed by atoms with E-state index in [-0.39, 0.29) is 6.10 Å². The van der Waals surface area contributed by atoms with Crippen molar-refractivity contribution in [1.82, 2.24) is 5.32 Å². The van der Waals surface area contributed by atoms with Crippen LogP contribution in [0.5, 0.6) is 0 Å². The number of aliphatic hydroxyl groups excluding tert-OH is 1. The van der Waals surface area contributed by atoms with Crippen LogP contribution in [-0.2, 0) is 4.74 Å². The zero-order chi connectivity index (χ0) is 20.8. The predicted octanol–water partition coefficient (Wildman–Crippen LogP) is 4.86. The number of rotatable bonds is 0. The highest BCUT2D eigenvalue weighted by Gasteiger charge is 2.57. The first kappa shape index (κ1) is 20.0. The maximum atomic E-state index is 10.3. The van der Waals surface area contributed by atoms with Gasteiger partial charge in [-0.2, -0.15) is 0 Å². The van der Waals surface area contributed by atoms with Crippen LogP contribution in [0.4, 0.5) is 0 Å². The Hall–Kier alpha value is -0.640. The molecule has 0 aromatic carbocycles. The van der Waals surface area contributed by atoms with Crippen molar-refractivity contribution in [2.45, 2.75) is 97.0 Å². The number of allylic oxidation sites excluding steroid dienone is 2. The molecule has 2 saturated carbocycles. The maximum Gasteiger partial charge on any atom is 0.0737 e. The van der Waals surface area contributed by atoms with Crippen LogP contribution in [0.15, 0.2) is 22.8 Å². The molecule has 3 nitrogen and oxygen atoms in total. The van der Waals surface area contributed by atoms with Crippen LogP contribution in [0, 0.1) is 40.9 Å². The Kier molecular flexibility index (Phi) is 4.62. The van der Waals surface area contributed by atoms with Crippen LogP contribution in [0.25, 0.3) is 0 Å². The average molecular weight is 412 g/mol. The third-order valence-electron chi connectivity index (χ3n) is 10.7. The minimum Gasteiger partial charge on any atom is -0.393 e. The monoisotopic (exact) mass is 411 g/mol. The molecule has 166 valence electrons. The van der Waals surface area contributed by atoms with Crippen molar-refractivity contribution >= 4 is 0 Å². The van der Waals surface area contributed by atoms with E-state index in [0.29, 0.717) is 35.5 Å². The van der Waals surface area contributed by atoms with Crippen LogP contribution in [0.2, 0.25) is 0 Å². The van der Waals surface area contributed by atoms with E-state index in [1.807, 2.05) is 5.57 Å². The number of aliphatic hydroxyl groups is 1. The lowest BCUT2D eigenvalue weighted by Gasteiger charge is -2.53. The molecule has 30 heavy (non-hydrogen) atoms. The first-order valence-corrected chi connectivity index (χ1v) is 12.8. The second-order valence-corrected chi connectivity index (χ2v) is 12.2. The third-order valence-corrected chi connectivity index (χ3v) is 10.7. The van der Waals surface area contributed by atoms with Crippen molar-refractivity contribution in [1.29, 1.82) is 0 Å². The molecule has 2 heterocycles. The predicted molar refractivity (Wildman–Crippen MR) is 120 cm³/mol. The summed E-state index contributed by atoms with van der Waals surface area (Å²) in [6.45, 7) is 11.0. The zero-order valence-electron chi connectivity index (χ0n) is 19.4. The molecular weight excluding hydrogens is 370 g/mol. The average Bonchev–Trinajstić information content (AvgIpc) is 3.09. The molecule has 0 bridgehead atoms. The molecule has 0 aromatic heterocycles. The second-order valence-electron chi connectivity index (χ2n) is 12.2. The number of hydrogen-bond donors (Lipinski definition) is 2. The van der Waals surface area contributed by atoms with Gasteiger partial charge in [0, 0.05) is 12.0 Å². The van der Waals surface area contributed by atoms with E-state index >= 15 is 0 Å². The van der Waals surface area contributed by atoms with Crippen LogP contribution in [0.3, 0.4) is 0 Å². The minimum absolute atomic E-state index is 0.110. The number of piperidine rings is 1. The van der Waals surface area contributed by atoms with Gasteiger partial charge in [0.05, 0.1) is 18.3 Å². The molecule has 6 aliphatic rings. The van der Waals surface area contributed by atoms with E-state index in [1.54, 1.807) is 11.1 Å². The Bertz CT molecular complexity index is 786. The first-order valence-electron chi connectivity index (χ1n) is 12.8. The molecular formula is C27H41NO2. The van der Waals surface area contributed by atoms with Gasteiger partial charge in [-0.25, -0.2) is 0 Å². The van der Waals surface area contributed by atoms with Crippen molar-refractivity contribution in [3.8, 4) is 0 Å². The summed E-state index contributed by atoms with van der Waals surface area (Å²) in [6.07, 6.45) is 11.3. The standard InChI is InChI=1S/C27H41NO2/c1-14-9-24-26(28-13-14)16(3)25-15(2)20-11-22-19(21(20)12-23(25)30-24)6-5-17-10-18(29)7-8-27(17,22)4/h5,14,16,18-19,21-26,28-29H,6-13H2,1-4H3/t14-,16-,18-,19-,21-,22-,23-,24+,25+,26-,27-/m0/s1. The molecule has 2 N–H and O–H groups in total. The van der Waals surface area contributed by atoms with E-state index in [4.69, 9.17) is 4.74 Å². The van der Waals surface area contributed by atoms with Gasteiger partial charge < -0.3 is 15.2 Å². The first-order chi connectivity index (χ1) is 14.4. The van der Waals surface area contributed by atoms with Crippen molar-refractivity contribution in [2.24, 2.45) is 40.9 Å². The fourth-order valence-electron chi connectivity index (χ4n) is 9.08. The Morgan fingerprint density at radius 2 is 2.00 bits per heavy atom. The lowest BCUT2D eigenvalue weighted by molar-refractivity contribution is -0.143. The molecule has 0 aromatic rings. The van der Waals surface area contributed by atoms with Crippen molar-refractivity contribution < 1.29 is 9.84 Å².